The van der Waals surface area contributed by atoms with Crippen molar-refractivity contribution in [2.24, 2.45) is 5.92 Å². The van der Waals surface area contributed by atoms with Gasteiger partial charge in [0.2, 0.25) is 0 Å². The molecule has 0 spiro atoms. The average Bonchev–Trinajstić information content (AvgIpc) is 2.14. The summed E-state index contributed by atoms with van der Waals surface area (Å²) in [4.78, 5) is 0. The first kappa shape index (κ1) is 5.55. The van der Waals surface area contributed by atoms with Gasteiger partial charge in [0.15, 0.2) is 0 Å². The van der Waals surface area contributed by atoms with E-state index in [2.05, 4.69) is 6.07 Å². The first-order valence-corrected chi connectivity index (χ1v) is 2.86. The highest BCUT2D eigenvalue weighted by molar-refractivity contribution is 4.89. The maximum Gasteiger partial charge on any atom is 0.101 e. The Morgan fingerprint density at radius 3 is 2.50 bits per heavy atom. The van der Waals surface area contributed by atoms with E-state index in [0.29, 0.717) is 12.8 Å². The van der Waals surface area contributed by atoms with Crippen molar-refractivity contribution in [3.63, 3.8) is 0 Å². The molecule has 1 aliphatic carbocycles. The predicted molar refractivity (Wildman–Crippen MR) is 27.8 cm³/mol. The van der Waals surface area contributed by atoms with Gasteiger partial charge in [-0.2, -0.15) is 5.26 Å². The quantitative estimate of drug-likeness (QED) is 0.468. The molecule has 0 aromatic carbocycles. The SMILES string of the molecule is N#C[C@@H]1CC[C@@H](F)C1. The van der Waals surface area contributed by atoms with E-state index in [-0.39, 0.29) is 5.92 Å². The largest absolute Gasteiger partial charge is 0.247 e. The van der Waals surface area contributed by atoms with E-state index >= 15 is 0 Å². The Balaban J connectivity index is 2.35. The van der Waals surface area contributed by atoms with Gasteiger partial charge in [-0.1, -0.05) is 0 Å². The van der Waals surface area contributed by atoms with Crippen LogP contribution in [0.2, 0.25) is 0 Å². The Morgan fingerprint density at radius 2 is 2.25 bits per heavy atom. The number of alkyl halides is 1. The number of nitrogens with zero attached hydrogens (tertiary/aromatic N) is 1. The first-order valence-electron chi connectivity index (χ1n) is 2.86. The van der Waals surface area contributed by atoms with Crippen LogP contribution in [0.1, 0.15) is 19.3 Å². The van der Waals surface area contributed by atoms with Crippen LogP contribution in [-0.4, -0.2) is 6.17 Å². The van der Waals surface area contributed by atoms with Gasteiger partial charge in [0, 0.05) is 5.92 Å². The molecule has 1 nitrogen and oxygen atoms in total. The second kappa shape index (κ2) is 2.13. The molecule has 0 bridgehead atoms. The van der Waals surface area contributed by atoms with Crippen LogP contribution in [0.25, 0.3) is 0 Å². The zero-order chi connectivity index (χ0) is 5.98. The second-order valence-corrected chi connectivity index (χ2v) is 2.24. The summed E-state index contributed by atoms with van der Waals surface area (Å²) in [5.74, 6) is 0.00463. The van der Waals surface area contributed by atoms with E-state index in [1.807, 2.05) is 0 Å². The molecule has 2 heteroatoms. The summed E-state index contributed by atoms with van der Waals surface area (Å²) in [7, 11) is 0. The minimum absolute atomic E-state index is 0.00463. The number of rotatable bonds is 0. The summed E-state index contributed by atoms with van der Waals surface area (Å²) in [6.45, 7) is 0. The highest BCUT2D eigenvalue weighted by Gasteiger charge is 2.23. The molecular formula is C6H8FN. The number of halogens is 1. The molecule has 0 amide bonds. The monoisotopic (exact) mass is 113 g/mol. The van der Waals surface area contributed by atoms with Gasteiger partial charge in [-0.05, 0) is 19.3 Å². The molecule has 1 fully saturated rings. The minimum atomic E-state index is -0.695. The molecule has 2 atom stereocenters. The van der Waals surface area contributed by atoms with E-state index in [0.717, 1.165) is 6.42 Å². The normalized spacial score (nSPS) is 37.0. The van der Waals surface area contributed by atoms with Gasteiger partial charge in [0.05, 0.1) is 6.07 Å². The maximum absolute atomic E-state index is 12.2. The summed E-state index contributed by atoms with van der Waals surface area (Å²) in [5, 5.41) is 8.27. The second-order valence-electron chi connectivity index (χ2n) is 2.24. The fourth-order valence-electron chi connectivity index (χ4n) is 1.04. The van der Waals surface area contributed by atoms with Gasteiger partial charge in [-0.3, -0.25) is 0 Å². The van der Waals surface area contributed by atoms with Crippen molar-refractivity contribution in [3.8, 4) is 6.07 Å². The third-order valence-electron chi connectivity index (χ3n) is 1.55. The molecule has 0 heterocycles. The average molecular weight is 113 g/mol. The first-order chi connectivity index (χ1) is 3.83. The zero-order valence-electron chi connectivity index (χ0n) is 4.60. The van der Waals surface area contributed by atoms with Crippen LogP contribution in [0.4, 0.5) is 4.39 Å². The van der Waals surface area contributed by atoms with Crippen LogP contribution >= 0.6 is 0 Å². The topological polar surface area (TPSA) is 23.8 Å². The summed E-state index contributed by atoms with van der Waals surface area (Å²) >= 11 is 0. The zero-order valence-corrected chi connectivity index (χ0v) is 4.60. The highest BCUT2D eigenvalue weighted by atomic mass is 19.1. The molecule has 0 unspecified atom stereocenters. The lowest BCUT2D eigenvalue weighted by Gasteiger charge is -1.91. The Labute approximate surface area is 48.1 Å². The highest BCUT2D eigenvalue weighted by Crippen LogP contribution is 2.26. The molecule has 0 saturated heterocycles. The van der Waals surface area contributed by atoms with Gasteiger partial charge in [0.25, 0.3) is 0 Å². The van der Waals surface area contributed by atoms with Crippen molar-refractivity contribution in [1.29, 1.82) is 5.26 Å². The summed E-state index contributed by atoms with van der Waals surface area (Å²) in [5.41, 5.74) is 0. The van der Waals surface area contributed by atoms with Crippen LogP contribution in [0, 0.1) is 17.2 Å². The molecule has 1 saturated carbocycles. The van der Waals surface area contributed by atoms with Gasteiger partial charge in [-0.25, -0.2) is 4.39 Å². The number of nitriles is 1. The smallest absolute Gasteiger partial charge is 0.101 e. The van der Waals surface area contributed by atoms with Crippen LogP contribution in [0.15, 0.2) is 0 Å². The van der Waals surface area contributed by atoms with E-state index in [1.165, 1.54) is 0 Å². The van der Waals surface area contributed by atoms with Crippen LogP contribution in [0.3, 0.4) is 0 Å². The lowest BCUT2D eigenvalue weighted by atomic mass is 10.1. The summed E-state index contributed by atoms with van der Waals surface area (Å²) in [6, 6.07) is 2.05. The molecule has 0 aromatic rings. The minimum Gasteiger partial charge on any atom is -0.247 e. The van der Waals surface area contributed by atoms with E-state index < -0.39 is 6.17 Å². The van der Waals surface area contributed by atoms with Crippen molar-refractivity contribution in [3.05, 3.63) is 0 Å². The fraction of sp³-hybridized carbons (Fsp3) is 0.833. The molecule has 1 rings (SSSR count). The molecule has 8 heavy (non-hydrogen) atoms. The Kier molecular flexibility index (Phi) is 1.48. The van der Waals surface area contributed by atoms with Gasteiger partial charge in [0.1, 0.15) is 6.17 Å². The van der Waals surface area contributed by atoms with Crippen molar-refractivity contribution in [2.75, 3.05) is 0 Å². The number of hydrogen-bond acceptors (Lipinski definition) is 1. The molecule has 0 N–H and O–H groups in total. The lowest BCUT2D eigenvalue weighted by Crippen LogP contribution is -1.91. The summed E-state index contributed by atoms with van der Waals surface area (Å²) < 4.78 is 12.2. The third kappa shape index (κ3) is 0.975. The maximum atomic E-state index is 12.2. The lowest BCUT2D eigenvalue weighted by molar-refractivity contribution is 0.338. The predicted octanol–water partition coefficient (Wildman–Crippen LogP) is 1.65. The molecule has 0 aliphatic heterocycles. The number of hydrogen-bond donors (Lipinski definition) is 0. The van der Waals surface area contributed by atoms with Crippen molar-refractivity contribution in [2.45, 2.75) is 25.4 Å². The molecule has 44 valence electrons. The third-order valence-corrected chi connectivity index (χ3v) is 1.55. The van der Waals surface area contributed by atoms with Crippen LogP contribution in [0.5, 0.6) is 0 Å². The van der Waals surface area contributed by atoms with Gasteiger partial charge >= 0.3 is 0 Å². The van der Waals surface area contributed by atoms with Crippen molar-refractivity contribution in [1.82, 2.24) is 0 Å². The molecule has 0 aromatic heterocycles. The molecule has 0 radical (unpaired) electrons. The Hall–Kier alpha value is -0.580. The van der Waals surface area contributed by atoms with E-state index in [9.17, 15) is 4.39 Å². The van der Waals surface area contributed by atoms with E-state index in [1.54, 1.807) is 0 Å². The molecule has 1 aliphatic rings. The van der Waals surface area contributed by atoms with Gasteiger partial charge in [-0.15, -0.1) is 0 Å². The van der Waals surface area contributed by atoms with Crippen molar-refractivity contribution >= 4 is 0 Å². The Morgan fingerprint density at radius 1 is 1.50 bits per heavy atom. The fourth-order valence-corrected chi connectivity index (χ4v) is 1.04. The molecular weight excluding hydrogens is 105 g/mol. The Bertz CT molecular complexity index is 116. The van der Waals surface area contributed by atoms with Crippen molar-refractivity contribution < 1.29 is 4.39 Å². The summed E-state index contributed by atoms with van der Waals surface area (Å²) in [6.07, 6.45) is 1.13. The standard InChI is InChI=1S/C6H8FN/c7-6-2-1-5(3-6)4-8/h5-6H,1-3H2/t5-,6-/m1/s1. The van der Waals surface area contributed by atoms with Crippen LogP contribution < -0.4 is 0 Å². The van der Waals surface area contributed by atoms with Crippen LogP contribution in [-0.2, 0) is 0 Å². The van der Waals surface area contributed by atoms with E-state index in [4.69, 9.17) is 5.26 Å². The van der Waals surface area contributed by atoms with Gasteiger partial charge < -0.3 is 0 Å².